The quantitative estimate of drug-likeness (QED) is 0.0208. The standard InChI is InChI=1S/C66H92N16O19S/c1-6-34(4)55-61(95)72-28-50(87)74-46-32-102(100)64-41(26-44(57(91)71-29-51(88)79-55)76-63(97)56(35(5)48(85)31-83)80-60(94)47-24-37(84)30-82(47)65(98)45(27-49(67)86)77-59(46)93)40-18-17-39(25-43(40)78-64)101-38-15-13-36(14-16-38)73-58(92)42(12-11-22-70-66(68)99)75-62(96)54(33(2)3)69-21-9-7-8-10-23-81-52(89)19-20-53(81)90/h13-20,25,33-35,37,42,44-48,54-56,69,78,83-85H,6-12,21-24,26-32H2,1-5H3,(H2,67,86)(H,71,91)(H,72,95)(H,73,92)(H,74,87)(H,75,96)(H,76,97)(H,77,93)(H,79,88)(H,80,94)(H3,68,70,99)/t34-,35-,37+,42-,44+,45-,46-,47-,48-,54-,55-,56-,102?/m0/s1. The summed E-state index contributed by atoms with van der Waals surface area (Å²) in [5.74, 6) is -14.0. The molecule has 0 spiro atoms. The Kier molecular flexibility index (Phi) is 29.1. The number of benzene rings is 2. The molecule has 2 aromatic carbocycles. The minimum absolute atomic E-state index is 0.0300. The smallest absolute Gasteiger partial charge is 0.312 e. The number of hydrogen-bond acceptors (Lipinski definition) is 20. The third-order valence-electron chi connectivity index (χ3n) is 18.0. The van der Waals surface area contributed by atoms with Gasteiger partial charge in [-0.1, -0.05) is 53.9 Å². The van der Waals surface area contributed by atoms with Crippen LogP contribution in [0.15, 0.2) is 59.6 Å². The van der Waals surface area contributed by atoms with Gasteiger partial charge in [-0.15, -0.1) is 0 Å². The van der Waals surface area contributed by atoms with Crippen LogP contribution in [0.1, 0.15) is 98.0 Å². The number of ether oxygens (including phenoxy) is 1. The van der Waals surface area contributed by atoms with E-state index < -0.39 is 206 Å². The van der Waals surface area contributed by atoms with Crippen molar-refractivity contribution in [2.24, 2.45) is 29.2 Å². The van der Waals surface area contributed by atoms with Crippen LogP contribution >= 0.6 is 0 Å². The number of amides is 15. The van der Waals surface area contributed by atoms with Crippen molar-refractivity contribution < 1.29 is 91.7 Å². The number of aromatic nitrogens is 1. The van der Waals surface area contributed by atoms with Crippen LogP contribution in [0.5, 0.6) is 11.5 Å². The molecule has 1 saturated heterocycles. The Morgan fingerprint density at radius 3 is 2.07 bits per heavy atom. The molecule has 4 aliphatic heterocycles. The van der Waals surface area contributed by atoms with Crippen molar-refractivity contribution in [1.29, 1.82) is 0 Å². The summed E-state index contributed by atoms with van der Waals surface area (Å²) >= 11 is -2.51. The average molecular weight is 1450 g/mol. The monoisotopic (exact) mass is 1440 g/mol. The number of rotatable bonds is 26. The zero-order valence-electron chi connectivity index (χ0n) is 57.3. The number of hydrogen-bond donors (Lipinski definition) is 17. The molecule has 3 aromatic rings. The van der Waals surface area contributed by atoms with E-state index in [0.29, 0.717) is 32.4 Å². The summed E-state index contributed by atoms with van der Waals surface area (Å²) in [4.78, 5) is 195. The van der Waals surface area contributed by atoms with Crippen molar-refractivity contribution >= 4 is 111 Å². The van der Waals surface area contributed by atoms with E-state index >= 15 is 4.55 Å². The summed E-state index contributed by atoms with van der Waals surface area (Å²) in [5, 5.41) is 60.7. The summed E-state index contributed by atoms with van der Waals surface area (Å²) in [7, 11) is 0. The minimum atomic E-state index is -2.51. The Hall–Kier alpha value is -9.75. The number of nitrogens with one attached hydrogen (secondary N) is 12. The molecule has 1 aromatic heterocycles. The fourth-order valence-corrected chi connectivity index (χ4v) is 13.5. The van der Waals surface area contributed by atoms with Gasteiger partial charge in [0, 0.05) is 84.4 Å². The van der Waals surface area contributed by atoms with Crippen LogP contribution in [0.2, 0.25) is 0 Å². The number of fused-ring (bicyclic) bond motifs is 5. The van der Waals surface area contributed by atoms with Gasteiger partial charge in [-0.25, -0.2) is 4.79 Å². The van der Waals surface area contributed by atoms with Gasteiger partial charge in [-0.2, -0.15) is 0 Å². The first-order chi connectivity index (χ1) is 48.5. The van der Waals surface area contributed by atoms with Gasteiger partial charge in [-0.05, 0) is 80.5 Å². The summed E-state index contributed by atoms with van der Waals surface area (Å²) in [5.41, 5.74) is 11.3. The number of carbonyl (C=O) groups is 14. The highest BCUT2D eigenvalue weighted by atomic mass is 32.2. The predicted octanol–water partition coefficient (Wildman–Crippen LogP) is -3.86. The number of H-pyrrole nitrogens is 1. The summed E-state index contributed by atoms with van der Waals surface area (Å²) in [6, 6.07) is -2.45. The van der Waals surface area contributed by atoms with Gasteiger partial charge in [0.15, 0.2) is 6.04 Å². The lowest BCUT2D eigenvalue weighted by molar-refractivity contribution is -0.144. The third-order valence-corrected chi connectivity index (χ3v) is 19.4. The van der Waals surface area contributed by atoms with Crippen LogP contribution in [0, 0.1) is 17.8 Å². The molecule has 2 bridgehead atoms. The second-order valence-corrected chi connectivity index (χ2v) is 27.4. The first-order valence-corrected chi connectivity index (χ1v) is 35.1. The number of aliphatic hydroxyl groups excluding tert-OH is 3. The van der Waals surface area contributed by atoms with E-state index in [1.165, 1.54) is 66.4 Å². The van der Waals surface area contributed by atoms with Crippen molar-refractivity contribution in [3.8, 4) is 11.5 Å². The van der Waals surface area contributed by atoms with E-state index in [1.807, 2.05) is 13.8 Å². The highest BCUT2D eigenvalue weighted by Crippen LogP contribution is 2.34. The van der Waals surface area contributed by atoms with Crippen LogP contribution in [0.3, 0.4) is 0 Å². The third kappa shape index (κ3) is 21.9. The number of anilines is 1. The van der Waals surface area contributed by atoms with Gasteiger partial charge in [0.05, 0.1) is 49.9 Å². The normalized spacial score (nSPS) is 23.4. The lowest BCUT2D eigenvalue weighted by Gasteiger charge is -2.32. The van der Waals surface area contributed by atoms with Gasteiger partial charge < -0.3 is 104 Å². The Labute approximate surface area is 590 Å². The molecule has 0 saturated carbocycles. The predicted molar refractivity (Wildman–Crippen MR) is 365 cm³/mol. The zero-order valence-corrected chi connectivity index (χ0v) is 58.1. The second kappa shape index (κ2) is 37.3. The molecule has 19 N–H and O–H groups in total. The fourth-order valence-electron chi connectivity index (χ4n) is 12.1. The van der Waals surface area contributed by atoms with Gasteiger partial charge in [0.1, 0.15) is 53.5 Å². The number of imide groups is 1. The Balaban J connectivity index is 1.20. The van der Waals surface area contributed by atoms with Gasteiger partial charge >= 0.3 is 6.03 Å². The maximum atomic E-state index is 15.3. The number of aliphatic hydroxyl groups is 3. The van der Waals surface area contributed by atoms with Crippen LogP contribution in [0.4, 0.5) is 10.5 Å². The Morgan fingerprint density at radius 1 is 0.745 bits per heavy atom. The highest BCUT2D eigenvalue weighted by molar-refractivity contribution is 7.91. The van der Waals surface area contributed by atoms with E-state index in [-0.39, 0.29) is 75.8 Å². The Bertz CT molecular complexity index is 3610. The topological polar surface area (TPSA) is 539 Å². The van der Waals surface area contributed by atoms with Gasteiger partial charge in [-0.3, -0.25) is 67.2 Å². The number of urea groups is 1. The van der Waals surface area contributed by atoms with Crippen LogP contribution in [-0.2, 0) is 79.9 Å². The zero-order chi connectivity index (χ0) is 74.6. The van der Waals surface area contributed by atoms with E-state index in [4.69, 9.17) is 16.2 Å². The molecule has 1 fully saturated rings. The molecular weight excluding hydrogens is 1350 g/mol. The Morgan fingerprint density at radius 2 is 1.41 bits per heavy atom. The maximum absolute atomic E-state index is 15.3. The average Bonchev–Trinajstić information content (AvgIpc) is 1.63. The molecule has 7 rings (SSSR count). The number of unbranched alkanes of at least 4 members (excludes halogenated alkanes) is 3. The molecule has 5 heterocycles. The summed E-state index contributed by atoms with van der Waals surface area (Å²) in [6.45, 7) is 6.07. The number of nitrogens with zero attached hydrogens (tertiary/aromatic N) is 2. The molecule has 1 unspecified atom stereocenters. The SMILES string of the molecule is CC[C@H](C)[C@@H]1NC(=O)CNC(=O)[C@H]2Cc3c([nH]c4cc(Oc5ccc(NC(=O)[C@H](CCCNC(N)=O)NC(=O)[C@@H](NCCCCCCN6C(=O)C=CC6=O)C(C)C)cc5)ccc34)[S+]([O-])C[C@H](NC(=O)CNC1=O)C(=O)N[C@@H](CC(N)=O)C(=O)N1C[C@H](O)C[C@H]1C(=O)N[C@@H]([C@@H](C)[C@@H](O)CO)C(=O)N2. The van der Waals surface area contributed by atoms with Crippen LogP contribution in [0.25, 0.3) is 10.9 Å². The summed E-state index contributed by atoms with van der Waals surface area (Å²) < 4.78 is 21.5. The summed E-state index contributed by atoms with van der Waals surface area (Å²) in [6.07, 6.45) is 0.860. The van der Waals surface area contributed by atoms with Gasteiger partial charge in [0.25, 0.3) is 11.8 Å². The van der Waals surface area contributed by atoms with Crippen LogP contribution < -0.4 is 74.7 Å². The first-order valence-electron chi connectivity index (χ1n) is 33.8. The van der Waals surface area contributed by atoms with Crippen molar-refractivity contribution in [3.05, 3.63) is 60.2 Å². The van der Waals surface area contributed by atoms with E-state index in [2.05, 4.69) is 63.5 Å². The van der Waals surface area contributed by atoms with Crippen molar-refractivity contribution in [1.82, 2.24) is 68.0 Å². The van der Waals surface area contributed by atoms with Crippen molar-refractivity contribution in [3.63, 3.8) is 0 Å². The molecule has 13 atom stereocenters. The minimum Gasteiger partial charge on any atom is -0.610 e. The number of primary amides is 2. The lowest BCUT2D eigenvalue weighted by atomic mass is 9.93. The maximum Gasteiger partial charge on any atom is 0.312 e. The first kappa shape index (κ1) is 79.6. The molecule has 102 heavy (non-hydrogen) atoms. The number of nitrogens with two attached hydrogens (primary N) is 2. The molecule has 15 amide bonds. The molecule has 556 valence electrons. The van der Waals surface area contributed by atoms with Gasteiger partial charge in [0.2, 0.25) is 70.0 Å². The molecule has 35 nitrogen and oxygen atoms in total. The van der Waals surface area contributed by atoms with E-state index in [0.717, 1.165) is 17.7 Å². The van der Waals surface area contributed by atoms with Crippen molar-refractivity contribution in [2.45, 2.75) is 164 Å². The molecule has 0 aliphatic carbocycles. The second-order valence-electron chi connectivity index (χ2n) is 26.0. The number of carbonyl (C=O) groups excluding carboxylic acids is 14. The molecule has 0 radical (unpaired) electrons. The molecule has 4 aliphatic rings. The van der Waals surface area contributed by atoms with E-state index in [9.17, 15) is 82.4 Å². The lowest BCUT2D eigenvalue weighted by Crippen LogP contribution is -2.62. The highest BCUT2D eigenvalue weighted by Gasteiger charge is 2.46. The molecular formula is C66H92N16O19S. The van der Waals surface area contributed by atoms with Crippen LogP contribution in [-0.4, -0.2) is 230 Å². The molecule has 36 heteroatoms. The largest absolute Gasteiger partial charge is 0.610 e. The fraction of sp³-hybridized carbons (Fsp3) is 0.545. The number of aromatic amines is 1. The van der Waals surface area contributed by atoms with Crippen molar-refractivity contribution in [2.75, 3.05) is 56.9 Å². The van der Waals surface area contributed by atoms with E-state index in [1.54, 1.807) is 13.8 Å².